The quantitative estimate of drug-likeness (QED) is 0.734. The van der Waals surface area contributed by atoms with Crippen LogP contribution in [0.25, 0.3) is 0 Å². The van der Waals surface area contributed by atoms with Crippen molar-refractivity contribution >= 4 is 15.9 Å². The van der Waals surface area contributed by atoms with Gasteiger partial charge in [-0.15, -0.1) is 0 Å². The molecule has 1 heterocycles. The van der Waals surface area contributed by atoms with E-state index in [9.17, 15) is 5.26 Å². The van der Waals surface area contributed by atoms with E-state index in [1.807, 2.05) is 6.07 Å². The molecule has 4 heteroatoms. The molecule has 0 bridgehead atoms. The monoisotopic (exact) mass is 265 g/mol. The molecule has 1 aromatic rings. The van der Waals surface area contributed by atoms with E-state index in [1.54, 1.807) is 6.20 Å². The maximum absolute atomic E-state index is 9.36. The van der Waals surface area contributed by atoms with Gasteiger partial charge in [0.25, 0.3) is 0 Å². The van der Waals surface area contributed by atoms with Crippen molar-refractivity contribution in [1.29, 1.82) is 5.26 Å². The lowest BCUT2D eigenvalue weighted by molar-refractivity contribution is 0.357. The van der Waals surface area contributed by atoms with Crippen LogP contribution < -0.4 is 0 Å². The van der Waals surface area contributed by atoms with Crippen LogP contribution in [0.2, 0.25) is 0 Å². The molecule has 78 valence electrons. The smallest absolute Gasteiger partial charge is 0.196 e. The summed E-state index contributed by atoms with van der Waals surface area (Å²) in [6.07, 6.45) is 7.03. The zero-order valence-electron chi connectivity index (χ0n) is 8.41. The van der Waals surface area contributed by atoms with Crippen molar-refractivity contribution < 1.29 is 0 Å². The fourth-order valence-corrected chi connectivity index (χ4v) is 2.49. The van der Waals surface area contributed by atoms with Crippen molar-refractivity contribution in [2.75, 3.05) is 0 Å². The average Bonchev–Trinajstić information content (AvgIpc) is 2.30. The normalized spacial score (nSPS) is 19.5. The molecule has 1 saturated carbocycles. The van der Waals surface area contributed by atoms with Crippen molar-refractivity contribution in [3.05, 3.63) is 22.7 Å². The number of halogens is 1. The molecule has 15 heavy (non-hydrogen) atoms. The van der Waals surface area contributed by atoms with Gasteiger partial charge in [0.2, 0.25) is 0 Å². The molecule has 0 atom stereocenters. The maximum atomic E-state index is 9.36. The minimum absolute atomic E-state index is 0.371. The predicted octanol–water partition coefficient (Wildman–Crippen LogP) is 2.96. The van der Waals surface area contributed by atoms with Gasteiger partial charge in [0.1, 0.15) is 0 Å². The summed E-state index contributed by atoms with van der Waals surface area (Å²) in [5, 5.41) is 9.36. The Morgan fingerprint density at radius 3 is 2.67 bits per heavy atom. The lowest BCUT2D eigenvalue weighted by Crippen LogP contribution is -2.28. The van der Waals surface area contributed by atoms with Crippen LogP contribution in [-0.4, -0.2) is 9.97 Å². The molecular formula is C11H12BrN3. The van der Waals surface area contributed by atoms with Gasteiger partial charge < -0.3 is 0 Å². The van der Waals surface area contributed by atoms with E-state index < -0.39 is 0 Å². The largest absolute Gasteiger partial charge is 0.231 e. The molecule has 0 aromatic carbocycles. The van der Waals surface area contributed by atoms with E-state index in [0.29, 0.717) is 4.73 Å². The number of rotatable bonds is 1. The zero-order chi connectivity index (χ0) is 10.7. The van der Waals surface area contributed by atoms with Crippen LogP contribution in [0.5, 0.6) is 0 Å². The van der Waals surface area contributed by atoms with Crippen LogP contribution in [0.1, 0.15) is 37.8 Å². The van der Waals surface area contributed by atoms with Crippen LogP contribution in [0.3, 0.4) is 0 Å². The number of aromatic nitrogens is 2. The molecule has 0 spiro atoms. The fourth-order valence-electron chi connectivity index (χ4n) is 2.18. The van der Waals surface area contributed by atoms with E-state index in [1.165, 1.54) is 6.42 Å². The maximum Gasteiger partial charge on any atom is 0.196 e. The summed E-state index contributed by atoms with van der Waals surface area (Å²) in [5.41, 5.74) is 0.496. The minimum Gasteiger partial charge on any atom is -0.231 e. The Labute approximate surface area is 97.7 Å². The number of nitrogens with zero attached hydrogens (tertiary/aromatic N) is 3. The summed E-state index contributed by atoms with van der Waals surface area (Å²) < 4.78 is 0.570. The molecule has 0 amide bonds. The van der Waals surface area contributed by atoms with Gasteiger partial charge in [-0.1, -0.05) is 19.3 Å². The van der Waals surface area contributed by atoms with Gasteiger partial charge in [-0.05, 0) is 34.8 Å². The second-order valence-electron chi connectivity index (χ2n) is 3.97. The molecule has 0 aliphatic heterocycles. The van der Waals surface area contributed by atoms with E-state index in [0.717, 1.165) is 31.4 Å². The van der Waals surface area contributed by atoms with Crippen LogP contribution >= 0.6 is 15.9 Å². The number of nitriles is 1. The SMILES string of the molecule is N#CC1(c2ccnc(Br)n2)CCCCC1. The molecule has 1 aliphatic carbocycles. The zero-order valence-corrected chi connectivity index (χ0v) is 10.00. The van der Waals surface area contributed by atoms with E-state index in [4.69, 9.17) is 0 Å². The first-order chi connectivity index (χ1) is 7.27. The summed E-state index contributed by atoms with van der Waals surface area (Å²) in [4.78, 5) is 8.32. The topological polar surface area (TPSA) is 49.6 Å². The highest BCUT2D eigenvalue weighted by Crippen LogP contribution is 2.37. The molecule has 3 nitrogen and oxygen atoms in total. The second-order valence-corrected chi connectivity index (χ2v) is 4.67. The summed E-state index contributed by atoms with van der Waals surface area (Å²) in [5.74, 6) is 0. The molecule has 1 aliphatic rings. The lowest BCUT2D eigenvalue weighted by Gasteiger charge is -2.29. The third-order valence-electron chi connectivity index (χ3n) is 3.04. The highest BCUT2D eigenvalue weighted by molar-refractivity contribution is 9.10. The first-order valence-electron chi connectivity index (χ1n) is 5.17. The molecule has 0 N–H and O–H groups in total. The Kier molecular flexibility index (Phi) is 3.01. The minimum atomic E-state index is -0.371. The molecule has 2 rings (SSSR count). The second kappa shape index (κ2) is 4.28. The molecule has 0 unspecified atom stereocenters. The van der Waals surface area contributed by atoms with Gasteiger partial charge in [-0.3, -0.25) is 0 Å². The van der Waals surface area contributed by atoms with Crippen molar-refractivity contribution in [2.24, 2.45) is 0 Å². The molecular weight excluding hydrogens is 254 g/mol. The first kappa shape index (κ1) is 10.6. The van der Waals surface area contributed by atoms with Gasteiger partial charge in [-0.25, -0.2) is 9.97 Å². The Hall–Kier alpha value is -0.950. The first-order valence-corrected chi connectivity index (χ1v) is 5.96. The fraction of sp³-hybridized carbons (Fsp3) is 0.545. The Bertz CT molecular complexity index is 391. The van der Waals surface area contributed by atoms with Gasteiger partial charge in [0.15, 0.2) is 4.73 Å². The van der Waals surface area contributed by atoms with Crippen molar-refractivity contribution in [2.45, 2.75) is 37.5 Å². The van der Waals surface area contributed by atoms with Crippen molar-refractivity contribution in [1.82, 2.24) is 9.97 Å². The van der Waals surface area contributed by atoms with Crippen LogP contribution in [0.4, 0.5) is 0 Å². The lowest BCUT2D eigenvalue weighted by atomic mass is 9.73. The van der Waals surface area contributed by atoms with Gasteiger partial charge in [0, 0.05) is 6.20 Å². The van der Waals surface area contributed by atoms with Gasteiger partial charge in [-0.2, -0.15) is 5.26 Å². The van der Waals surface area contributed by atoms with Crippen molar-refractivity contribution in [3.8, 4) is 6.07 Å². The third-order valence-corrected chi connectivity index (χ3v) is 3.42. The summed E-state index contributed by atoms with van der Waals surface area (Å²) >= 11 is 3.25. The average molecular weight is 266 g/mol. The molecule has 0 saturated heterocycles. The Morgan fingerprint density at radius 1 is 1.33 bits per heavy atom. The Morgan fingerprint density at radius 2 is 2.07 bits per heavy atom. The summed E-state index contributed by atoms with van der Waals surface area (Å²) in [6.45, 7) is 0. The van der Waals surface area contributed by atoms with Gasteiger partial charge >= 0.3 is 0 Å². The Balaban J connectivity index is 2.37. The van der Waals surface area contributed by atoms with E-state index >= 15 is 0 Å². The van der Waals surface area contributed by atoms with Crippen LogP contribution in [0, 0.1) is 11.3 Å². The highest BCUT2D eigenvalue weighted by Gasteiger charge is 2.35. The molecule has 0 radical (unpaired) electrons. The third kappa shape index (κ3) is 2.03. The number of hydrogen-bond acceptors (Lipinski definition) is 3. The highest BCUT2D eigenvalue weighted by atomic mass is 79.9. The summed E-state index contributed by atoms with van der Waals surface area (Å²) in [7, 11) is 0. The standard InChI is InChI=1S/C11H12BrN3/c12-10-14-7-4-9(15-10)11(8-13)5-2-1-3-6-11/h4,7H,1-3,5-6H2. The van der Waals surface area contributed by atoms with Crippen molar-refractivity contribution in [3.63, 3.8) is 0 Å². The van der Waals surface area contributed by atoms with Crippen LogP contribution in [0.15, 0.2) is 17.0 Å². The predicted molar refractivity (Wildman–Crippen MR) is 60.1 cm³/mol. The van der Waals surface area contributed by atoms with E-state index in [2.05, 4.69) is 32.0 Å². The van der Waals surface area contributed by atoms with Gasteiger partial charge in [0.05, 0.1) is 17.2 Å². The molecule has 1 fully saturated rings. The van der Waals surface area contributed by atoms with E-state index in [-0.39, 0.29) is 5.41 Å². The number of hydrogen-bond donors (Lipinski definition) is 0. The molecule has 1 aromatic heterocycles. The summed E-state index contributed by atoms with van der Waals surface area (Å²) in [6, 6.07) is 4.31. The van der Waals surface area contributed by atoms with Crippen LogP contribution in [-0.2, 0) is 5.41 Å².